The van der Waals surface area contributed by atoms with E-state index < -0.39 is 0 Å². The monoisotopic (exact) mass is 273 g/mol. The molecule has 6 nitrogen and oxygen atoms in total. The number of nitrogens with zero attached hydrogens (tertiary/aromatic N) is 4. The molecule has 0 aliphatic rings. The average Bonchev–Trinajstić information content (AvgIpc) is 2.96. The fourth-order valence-corrected chi connectivity index (χ4v) is 2.45. The van der Waals surface area contributed by atoms with Crippen molar-refractivity contribution in [2.45, 2.75) is 13.8 Å². The second-order valence-electron chi connectivity index (χ2n) is 4.11. The van der Waals surface area contributed by atoms with E-state index in [1.165, 1.54) is 11.3 Å². The van der Waals surface area contributed by atoms with Gasteiger partial charge in [-0.2, -0.15) is 4.98 Å². The largest absolute Gasteiger partial charge is 0.375 e. The van der Waals surface area contributed by atoms with Crippen LogP contribution in [0.3, 0.4) is 0 Å². The summed E-state index contributed by atoms with van der Waals surface area (Å²) in [6, 6.07) is 3.82. The first-order valence-electron chi connectivity index (χ1n) is 5.63. The molecule has 0 aliphatic heterocycles. The smallest absolute Gasteiger partial charge is 0.270 e. The summed E-state index contributed by atoms with van der Waals surface area (Å²) in [5, 5.41) is 4.43. The van der Waals surface area contributed by atoms with E-state index in [-0.39, 0.29) is 0 Å². The number of rotatable bonds is 2. The van der Waals surface area contributed by atoms with Gasteiger partial charge in [-0.15, -0.1) is 0 Å². The van der Waals surface area contributed by atoms with Crippen molar-refractivity contribution in [2.24, 2.45) is 0 Å². The maximum Gasteiger partial charge on any atom is 0.270 e. The minimum atomic E-state index is 0.421. The number of aryl methyl sites for hydroxylation is 2. The van der Waals surface area contributed by atoms with Crippen molar-refractivity contribution in [3.05, 3.63) is 29.6 Å². The summed E-state index contributed by atoms with van der Waals surface area (Å²) >= 11 is 1.33. The third-order valence-electron chi connectivity index (χ3n) is 2.58. The van der Waals surface area contributed by atoms with Gasteiger partial charge in [0.1, 0.15) is 10.6 Å². The summed E-state index contributed by atoms with van der Waals surface area (Å²) in [5.74, 6) is 0.884. The van der Waals surface area contributed by atoms with Gasteiger partial charge in [0.25, 0.3) is 5.89 Å². The summed E-state index contributed by atoms with van der Waals surface area (Å²) in [6.07, 6.45) is 1.72. The molecule has 0 amide bonds. The minimum absolute atomic E-state index is 0.421. The van der Waals surface area contributed by atoms with Gasteiger partial charge in [0.2, 0.25) is 5.82 Å². The van der Waals surface area contributed by atoms with E-state index in [0.29, 0.717) is 22.5 Å². The van der Waals surface area contributed by atoms with Crippen molar-refractivity contribution >= 4 is 16.5 Å². The molecule has 0 unspecified atom stereocenters. The molecule has 0 saturated carbocycles. The van der Waals surface area contributed by atoms with Gasteiger partial charge in [0.05, 0.1) is 5.69 Å². The molecule has 0 aromatic carbocycles. The molecule has 3 aromatic rings. The molecule has 3 rings (SSSR count). The molecule has 19 heavy (non-hydrogen) atoms. The molecule has 2 N–H and O–H groups in total. The number of aromatic nitrogens is 4. The fraction of sp³-hybridized carbons (Fsp3) is 0.167. The molecule has 0 atom stereocenters. The summed E-state index contributed by atoms with van der Waals surface area (Å²) in [7, 11) is 0. The zero-order chi connectivity index (χ0) is 13.4. The molecule has 0 aliphatic carbocycles. The Morgan fingerprint density at radius 3 is 2.79 bits per heavy atom. The number of pyridine rings is 1. The SMILES string of the molecule is Cc1ccnc(-c2noc(-c3sc(N)nc3C)n2)c1. The standard InChI is InChI=1S/C12H11N5OS/c1-6-3-4-14-8(5-6)10-16-11(18-17-10)9-7(2)15-12(13)19-9/h3-5H,1-2H3,(H2,13,15). The molecule has 3 aromatic heterocycles. The molecule has 0 saturated heterocycles. The third-order valence-corrected chi connectivity index (χ3v) is 3.55. The van der Waals surface area contributed by atoms with Gasteiger partial charge in [-0.3, -0.25) is 4.98 Å². The maximum atomic E-state index is 5.66. The lowest BCUT2D eigenvalue weighted by atomic mass is 10.2. The normalized spacial score (nSPS) is 10.8. The van der Waals surface area contributed by atoms with Crippen LogP contribution in [-0.2, 0) is 0 Å². The zero-order valence-electron chi connectivity index (χ0n) is 10.4. The minimum Gasteiger partial charge on any atom is -0.375 e. The Bertz CT molecular complexity index is 733. The lowest BCUT2D eigenvalue weighted by Crippen LogP contribution is -1.86. The maximum absolute atomic E-state index is 5.66. The van der Waals surface area contributed by atoms with Crippen LogP contribution < -0.4 is 5.73 Å². The number of thiazole rings is 1. The van der Waals surface area contributed by atoms with Crippen LogP contribution in [0.2, 0.25) is 0 Å². The van der Waals surface area contributed by atoms with Gasteiger partial charge in [-0.05, 0) is 31.5 Å². The molecular formula is C12H11N5OS. The first-order valence-corrected chi connectivity index (χ1v) is 6.45. The van der Waals surface area contributed by atoms with Gasteiger partial charge in [-0.1, -0.05) is 16.5 Å². The number of anilines is 1. The van der Waals surface area contributed by atoms with Crippen LogP contribution in [0, 0.1) is 13.8 Å². The quantitative estimate of drug-likeness (QED) is 0.771. The van der Waals surface area contributed by atoms with E-state index in [9.17, 15) is 0 Å². The second-order valence-corrected chi connectivity index (χ2v) is 5.14. The Morgan fingerprint density at radius 2 is 2.11 bits per heavy atom. The highest BCUT2D eigenvalue weighted by molar-refractivity contribution is 7.18. The van der Waals surface area contributed by atoms with Gasteiger partial charge in [0, 0.05) is 6.20 Å². The van der Waals surface area contributed by atoms with Crippen LogP contribution in [0.5, 0.6) is 0 Å². The number of nitrogens with two attached hydrogens (primary N) is 1. The molecule has 0 spiro atoms. The van der Waals surface area contributed by atoms with E-state index in [1.807, 2.05) is 26.0 Å². The third kappa shape index (κ3) is 2.19. The Hall–Kier alpha value is -2.28. The summed E-state index contributed by atoms with van der Waals surface area (Å²) in [4.78, 5) is 13.5. The van der Waals surface area contributed by atoms with E-state index in [2.05, 4.69) is 20.1 Å². The highest BCUT2D eigenvalue weighted by Gasteiger charge is 2.16. The predicted octanol–water partition coefficient (Wildman–Crippen LogP) is 2.45. The van der Waals surface area contributed by atoms with Crippen molar-refractivity contribution < 1.29 is 4.52 Å². The average molecular weight is 273 g/mol. The molecule has 96 valence electrons. The first-order chi connectivity index (χ1) is 9.13. The Kier molecular flexibility index (Phi) is 2.75. The van der Waals surface area contributed by atoms with Crippen molar-refractivity contribution in [3.8, 4) is 22.3 Å². The summed E-state index contributed by atoms with van der Waals surface area (Å²) in [6.45, 7) is 3.84. The van der Waals surface area contributed by atoms with Crippen LogP contribution >= 0.6 is 11.3 Å². The fourth-order valence-electron chi connectivity index (χ4n) is 1.69. The van der Waals surface area contributed by atoms with Crippen molar-refractivity contribution in [1.29, 1.82) is 0 Å². The van der Waals surface area contributed by atoms with Crippen LogP contribution in [0.1, 0.15) is 11.3 Å². The lowest BCUT2D eigenvalue weighted by molar-refractivity contribution is 0.432. The van der Waals surface area contributed by atoms with Crippen LogP contribution in [0.15, 0.2) is 22.9 Å². The van der Waals surface area contributed by atoms with Gasteiger partial charge >= 0.3 is 0 Å². The van der Waals surface area contributed by atoms with E-state index in [4.69, 9.17) is 10.3 Å². The number of nitrogen functional groups attached to an aromatic ring is 1. The van der Waals surface area contributed by atoms with Crippen LogP contribution in [0.4, 0.5) is 5.13 Å². The molecule has 3 heterocycles. The second kappa shape index (κ2) is 4.43. The van der Waals surface area contributed by atoms with Gasteiger partial charge in [-0.25, -0.2) is 4.98 Å². The predicted molar refractivity (Wildman–Crippen MR) is 72.5 cm³/mol. The van der Waals surface area contributed by atoms with E-state index >= 15 is 0 Å². The van der Waals surface area contributed by atoms with E-state index in [0.717, 1.165) is 16.1 Å². The first kappa shape index (κ1) is 11.8. The van der Waals surface area contributed by atoms with Crippen molar-refractivity contribution in [2.75, 3.05) is 5.73 Å². The van der Waals surface area contributed by atoms with E-state index in [1.54, 1.807) is 6.20 Å². The molecule has 0 fully saturated rings. The number of hydrogen-bond acceptors (Lipinski definition) is 7. The number of hydrogen-bond donors (Lipinski definition) is 1. The highest BCUT2D eigenvalue weighted by Crippen LogP contribution is 2.30. The van der Waals surface area contributed by atoms with Gasteiger partial charge in [0.15, 0.2) is 5.13 Å². The molecular weight excluding hydrogens is 262 g/mol. The molecule has 0 radical (unpaired) electrons. The van der Waals surface area contributed by atoms with Crippen LogP contribution in [-0.4, -0.2) is 20.1 Å². The lowest BCUT2D eigenvalue weighted by Gasteiger charge is -1.94. The molecule has 7 heteroatoms. The topological polar surface area (TPSA) is 90.7 Å². The highest BCUT2D eigenvalue weighted by atomic mass is 32.1. The zero-order valence-corrected chi connectivity index (χ0v) is 11.2. The van der Waals surface area contributed by atoms with Crippen LogP contribution in [0.25, 0.3) is 22.3 Å². The van der Waals surface area contributed by atoms with Crippen molar-refractivity contribution in [3.63, 3.8) is 0 Å². The van der Waals surface area contributed by atoms with Crippen molar-refractivity contribution in [1.82, 2.24) is 20.1 Å². The summed E-state index contributed by atoms with van der Waals surface area (Å²) < 4.78 is 5.25. The Labute approximate surface area is 113 Å². The van der Waals surface area contributed by atoms with Gasteiger partial charge < -0.3 is 10.3 Å². The summed E-state index contributed by atoms with van der Waals surface area (Å²) in [5.41, 5.74) is 8.22. The Balaban J connectivity index is 2.02. The molecule has 0 bridgehead atoms. The Morgan fingerprint density at radius 1 is 1.26 bits per heavy atom.